The van der Waals surface area contributed by atoms with Crippen LogP contribution in [0.3, 0.4) is 0 Å². The molecule has 134 valence electrons. The summed E-state index contributed by atoms with van der Waals surface area (Å²) in [6.45, 7) is 4.55. The molecule has 4 N–H and O–H groups in total. The van der Waals surface area contributed by atoms with Gasteiger partial charge in [0.1, 0.15) is 17.8 Å². The van der Waals surface area contributed by atoms with Gasteiger partial charge in [-0.15, -0.1) is 0 Å². The lowest BCUT2D eigenvalue weighted by molar-refractivity contribution is 0.220. The minimum atomic E-state index is 0.0460. The third-order valence-corrected chi connectivity index (χ3v) is 4.20. The third kappa shape index (κ3) is 3.46. The smallest absolute Gasteiger partial charge is 0.164 e. The Balaban J connectivity index is 2.09. The molecule has 3 aromatic rings. The van der Waals surface area contributed by atoms with Crippen LogP contribution < -0.4 is 11.1 Å². The van der Waals surface area contributed by atoms with Crippen molar-refractivity contribution in [1.82, 2.24) is 19.7 Å². The molecule has 0 unspecified atom stereocenters. The van der Waals surface area contributed by atoms with Crippen LogP contribution in [0.25, 0.3) is 11.0 Å². The number of aryl methyl sites for hydroxylation is 1. The topological polar surface area (TPSA) is 102 Å². The summed E-state index contributed by atoms with van der Waals surface area (Å²) in [5, 5.41) is 17.6. The van der Waals surface area contributed by atoms with E-state index in [-0.39, 0.29) is 12.5 Å². The molecule has 0 amide bonds. The molecule has 0 aliphatic heterocycles. The van der Waals surface area contributed by atoms with Gasteiger partial charge in [0.25, 0.3) is 0 Å². The van der Waals surface area contributed by atoms with E-state index in [4.69, 9.17) is 5.73 Å². The van der Waals surface area contributed by atoms with Crippen molar-refractivity contribution in [2.45, 2.75) is 20.4 Å². The van der Waals surface area contributed by atoms with E-state index in [1.807, 2.05) is 39.1 Å². The summed E-state index contributed by atoms with van der Waals surface area (Å²) < 4.78 is 1.73. The number of aliphatic hydroxyl groups is 1. The molecule has 0 aliphatic carbocycles. The number of hydrogen-bond donors (Lipinski definition) is 3. The molecular weight excluding hydrogens is 328 g/mol. The highest BCUT2D eigenvalue weighted by Gasteiger charge is 2.15. The fraction of sp³-hybridized carbons (Fsp3) is 0.316. The Morgan fingerprint density at radius 3 is 2.85 bits per heavy atom. The van der Waals surface area contributed by atoms with E-state index in [1.165, 1.54) is 6.33 Å². The quantitative estimate of drug-likeness (QED) is 0.620. The standard InChI is InChI=1S/C19H22N6O/c1-12(10-26)9-25-19-17(18(20)22-11-23-19)16(24-25)7-5-14-8-15(21-3)6-4-13(14)2/h4,6,8,11-12,21,26H,9-10H2,1-3H3,(H2,20,22,23)/t12-/m1/s1. The van der Waals surface area contributed by atoms with Crippen molar-refractivity contribution in [1.29, 1.82) is 0 Å². The van der Waals surface area contributed by atoms with Gasteiger partial charge < -0.3 is 16.2 Å². The van der Waals surface area contributed by atoms with Gasteiger partial charge in [0.15, 0.2) is 5.65 Å². The largest absolute Gasteiger partial charge is 0.396 e. The summed E-state index contributed by atoms with van der Waals surface area (Å²) in [5.74, 6) is 6.69. The zero-order chi connectivity index (χ0) is 18.7. The molecule has 0 aliphatic rings. The summed E-state index contributed by atoms with van der Waals surface area (Å²) in [6, 6.07) is 6.02. The van der Waals surface area contributed by atoms with Crippen LogP contribution in [0.4, 0.5) is 11.5 Å². The van der Waals surface area contributed by atoms with E-state index in [0.29, 0.717) is 29.1 Å². The maximum Gasteiger partial charge on any atom is 0.164 e. The third-order valence-electron chi connectivity index (χ3n) is 4.20. The lowest BCUT2D eigenvalue weighted by atomic mass is 10.1. The van der Waals surface area contributed by atoms with Gasteiger partial charge >= 0.3 is 0 Å². The second kappa shape index (κ2) is 7.42. The monoisotopic (exact) mass is 350 g/mol. The molecule has 2 heterocycles. The number of rotatable bonds is 4. The highest BCUT2D eigenvalue weighted by atomic mass is 16.3. The predicted molar refractivity (Wildman–Crippen MR) is 103 cm³/mol. The molecular formula is C19H22N6O. The molecule has 2 aromatic heterocycles. The van der Waals surface area contributed by atoms with E-state index < -0.39 is 0 Å². The number of nitrogens with zero attached hydrogens (tertiary/aromatic N) is 4. The second-order valence-electron chi connectivity index (χ2n) is 6.31. The van der Waals surface area contributed by atoms with Crippen molar-refractivity contribution in [3.63, 3.8) is 0 Å². The SMILES string of the molecule is CNc1ccc(C)c(C#Cc2nn(C[C@@H](C)CO)c3ncnc(N)c23)c1. The van der Waals surface area contributed by atoms with Crippen LogP contribution in [-0.2, 0) is 6.54 Å². The van der Waals surface area contributed by atoms with E-state index >= 15 is 0 Å². The van der Waals surface area contributed by atoms with Gasteiger partial charge in [0, 0.05) is 31.5 Å². The van der Waals surface area contributed by atoms with Gasteiger partial charge in [-0.3, -0.25) is 0 Å². The van der Waals surface area contributed by atoms with Crippen LogP contribution >= 0.6 is 0 Å². The van der Waals surface area contributed by atoms with E-state index in [9.17, 15) is 5.11 Å². The Bertz CT molecular complexity index is 998. The van der Waals surface area contributed by atoms with Crippen molar-refractivity contribution < 1.29 is 5.11 Å². The maximum atomic E-state index is 9.33. The summed E-state index contributed by atoms with van der Waals surface area (Å²) in [5.41, 5.74) is 10.2. The average molecular weight is 350 g/mol. The van der Waals surface area contributed by atoms with E-state index in [1.54, 1.807) is 4.68 Å². The number of aliphatic hydroxyl groups excluding tert-OH is 1. The van der Waals surface area contributed by atoms with Gasteiger partial charge in [0.05, 0.1) is 5.39 Å². The zero-order valence-corrected chi connectivity index (χ0v) is 15.1. The Morgan fingerprint density at radius 1 is 1.31 bits per heavy atom. The first kappa shape index (κ1) is 17.7. The van der Waals surface area contributed by atoms with Crippen molar-refractivity contribution in [2.75, 3.05) is 24.7 Å². The van der Waals surface area contributed by atoms with Gasteiger partial charge in [-0.05, 0) is 36.5 Å². The van der Waals surface area contributed by atoms with Gasteiger partial charge in [0.2, 0.25) is 0 Å². The first-order valence-electron chi connectivity index (χ1n) is 8.41. The van der Waals surface area contributed by atoms with Crippen molar-refractivity contribution in [3.05, 3.63) is 41.3 Å². The van der Waals surface area contributed by atoms with Gasteiger partial charge in [-0.25, -0.2) is 14.6 Å². The normalized spacial score (nSPS) is 11.8. The van der Waals surface area contributed by atoms with Crippen LogP contribution in [-0.4, -0.2) is 38.5 Å². The van der Waals surface area contributed by atoms with Gasteiger partial charge in [-0.1, -0.05) is 18.9 Å². The van der Waals surface area contributed by atoms with Crippen molar-refractivity contribution in [3.8, 4) is 11.8 Å². The molecule has 7 nitrogen and oxygen atoms in total. The molecule has 7 heteroatoms. The minimum Gasteiger partial charge on any atom is -0.396 e. The Kier molecular flexibility index (Phi) is 5.05. The lowest BCUT2D eigenvalue weighted by Gasteiger charge is -2.07. The highest BCUT2D eigenvalue weighted by Crippen LogP contribution is 2.22. The number of nitrogen functional groups attached to an aromatic ring is 1. The molecule has 0 radical (unpaired) electrons. The fourth-order valence-electron chi connectivity index (χ4n) is 2.64. The number of benzene rings is 1. The molecule has 0 saturated heterocycles. The fourth-order valence-corrected chi connectivity index (χ4v) is 2.64. The van der Waals surface area contributed by atoms with Crippen molar-refractivity contribution >= 4 is 22.5 Å². The Labute approximate surface area is 152 Å². The lowest BCUT2D eigenvalue weighted by Crippen LogP contribution is -2.12. The summed E-state index contributed by atoms with van der Waals surface area (Å²) in [7, 11) is 1.87. The second-order valence-corrected chi connectivity index (χ2v) is 6.31. The first-order valence-corrected chi connectivity index (χ1v) is 8.41. The van der Waals surface area contributed by atoms with E-state index in [2.05, 4.69) is 32.2 Å². The Hall–Kier alpha value is -3.11. The zero-order valence-electron chi connectivity index (χ0n) is 15.1. The summed E-state index contributed by atoms with van der Waals surface area (Å²) >= 11 is 0. The number of fused-ring (bicyclic) bond motifs is 1. The average Bonchev–Trinajstić information content (AvgIpc) is 3.00. The maximum absolute atomic E-state index is 9.33. The summed E-state index contributed by atoms with van der Waals surface area (Å²) in [4.78, 5) is 8.37. The number of nitrogens with two attached hydrogens (primary N) is 1. The van der Waals surface area contributed by atoms with Crippen LogP contribution in [0.1, 0.15) is 23.7 Å². The molecule has 0 spiro atoms. The van der Waals surface area contributed by atoms with Crippen LogP contribution in [0.5, 0.6) is 0 Å². The Morgan fingerprint density at radius 2 is 2.12 bits per heavy atom. The predicted octanol–water partition coefficient (Wildman–Crippen LogP) is 1.79. The molecule has 0 bridgehead atoms. The van der Waals surface area contributed by atoms with Crippen LogP contribution in [0.15, 0.2) is 24.5 Å². The molecule has 3 rings (SSSR count). The first-order chi connectivity index (χ1) is 12.5. The van der Waals surface area contributed by atoms with Crippen LogP contribution in [0, 0.1) is 24.7 Å². The van der Waals surface area contributed by atoms with Crippen LogP contribution in [0.2, 0.25) is 0 Å². The number of nitrogens with one attached hydrogen (secondary N) is 1. The number of hydrogen-bond acceptors (Lipinski definition) is 6. The highest BCUT2D eigenvalue weighted by molar-refractivity contribution is 5.90. The van der Waals surface area contributed by atoms with Gasteiger partial charge in [-0.2, -0.15) is 5.10 Å². The number of anilines is 2. The minimum absolute atomic E-state index is 0.0460. The molecule has 1 aromatic carbocycles. The van der Waals surface area contributed by atoms with Crippen molar-refractivity contribution in [2.24, 2.45) is 5.92 Å². The number of aromatic nitrogens is 4. The summed E-state index contributed by atoms with van der Waals surface area (Å²) in [6.07, 6.45) is 1.41. The molecule has 0 fully saturated rings. The molecule has 1 atom stereocenters. The molecule has 26 heavy (non-hydrogen) atoms. The van der Waals surface area contributed by atoms with E-state index in [0.717, 1.165) is 16.8 Å². The molecule has 0 saturated carbocycles.